The van der Waals surface area contributed by atoms with Gasteiger partial charge in [-0.05, 0) is 42.0 Å². The molecule has 1 aromatic rings. The molecule has 1 aromatic carbocycles. The van der Waals surface area contributed by atoms with E-state index in [-0.39, 0.29) is 6.42 Å². The molecular formula is C17H22Cl2O. The first-order chi connectivity index (χ1) is 9.62. The Labute approximate surface area is 132 Å². The van der Waals surface area contributed by atoms with Crippen molar-refractivity contribution in [3.8, 4) is 0 Å². The number of hydrogen-bond donors (Lipinski definition) is 0. The number of hydrogen-bond acceptors (Lipinski definition) is 1. The van der Waals surface area contributed by atoms with E-state index in [1.54, 1.807) is 0 Å². The van der Waals surface area contributed by atoms with Gasteiger partial charge < -0.3 is 4.79 Å². The maximum Gasteiger partial charge on any atom is 0.124 e. The minimum atomic E-state index is 0.260. The number of allylic oxidation sites excluding steroid dienone is 1. The summed E-state index contributed by atoms with van der Waals surface area (Å²) in [6.07, 6.45) is 10.2. The predicted octanol–water partition coefficient (Wildman–Crippen LogP) is 5.96. The summed E-state index contributed by atoms with van der Waals surface area (Å²) in [5, 5.41) is 1.12. The molecule has 0 saturated carbocycles. The first kappa shape index (κ1) is 17.3. The molecule has 0 amide bonds. The van der Waals surface area contributed by atoms with Crippen molar-refractivity contribution in [3.05, 3.63) is 39.4 Å². The van der Waals surface area contributed by atoms with E-state index in [4.69, 9.17) is 23.2 Å². The molecular weight excluding hydrogens is 291 g/mol. The summed E-state index contributed by atoms with van der Waals surface area (Å²) < 4.78 is 0. The molecule has 20 heavy (non-hydrogen) atoms. The van der Waals surface area contributed by atoms with Gasteiger partial charge >= 0.3 is 0 Å². The van der Waals surface area contributed by atoms with Gasteiger partial charge in [0, 0.05) is 16.5 Å². The van der Waals surface area contributed by atoms with Gasteiger partial charge in [0.25, 0.3) is 0 Å². The van der Waals surface area contributed by atoms with Crippen molar-refractivity contribution in [3.63, 3.8) is 0 Å². The molecule has 1 rings (SSSR count). The van der Waals surface area contributed by atoms with Crippen LogP contribution in [0, 0.1) is 5.92 Å². The molecule has 0 radical (unpaired) electrons. The Balaban J connectivity index is 2.89. The first-order valence-electron chi connectivity index (χ1n) is 7.22. The zero-order chi connectivity index (χ0) is 15.0. The minimum absolute atomic E-state index is 0.260. The normalized spacial score (nSPS) is 11.4. The molecule has 0 aromatic heterocycles. The molecule has 0 aliphatic heterocycles. The second-order valence-electron chi connectivity index (χ2n) is 5.03. The van der Waals surface area contributed by atoms with Gasteiger partial charge in [-0.15, -0.1) is 0 Å². The fourth-order valence-electron chi connectivity index (χ4n) is 2.32. The van der Waals surface area contributed by atoms with Gasteiger partial charge in [-0.3, -0.25) is 0 Å². The van der Waals surface area contributed by atoms with E-state index in [1.165, 1.54) is 25.7 Å². The lowest BCUT2D eigenvalue weighted by molar-refractivity contribution is -0.107. The van der Waals surface area contributed by atoms with Crippen molar-refractivity contribution in [2.75, 3.05) is 0 Å². The van der Waals surface area contributed by atoms with Crippen molar-refractivity contribution in [2.45, 2.75) is 46.0 Å². The van der Waals surface area contributed by atoms with Crippen molar-refractivity contribution < 1.29 is 4.79 Å². The summed E-state index contributed by atoms with van der Waals surface area (Å²) >= 11 is 12.3. The SMILES string of the molecule is CCCC(/C=C/c1cc(Cl)c(CC=O)c(Cl)c1)CCC. The van der Waals surface area contributed by atoms with Crippen molar-refractivity contribution in [1.29, 1.82) is 0 Å². The van der Waals surface area contributed by atoms with Gasteiger partial charge in [0.05, 0.1) is 0 Å². The summed E-state index contributed by atoms with van der Waals surface area (Å²) in [6, 6.07) is 3.75. The molecule has 0 aliphatic rings. The lowest BCUT2D eigenvalue weighted by Crippen LogP contribution is -1.95. The van der Waals surface area contributed by atoms with E-state index in [9.17, 15) is 4.79 Å². The number of rotatable bonds is 8. The Kier molecular flexibility index (Phi) is 7.94. The van der Waals surface area contributed by atoms with Crippen LogP contribution in [0.5, 0.6) is 0 Å². The average molecular weight is 313 g/mol. The van der Waals surface area contributed by atoms with Crippen LogP contribution in [-0.4, -0.2) is 6.29 Å². The summed E-state index contributed by atoms with van der Waals surface area (Å²) in [6.45, 7) is 4.41. The van der Waals surface area contributed by atoms with Gasteiger partial charge in [0.1, 0.15) is 6.29 Å². The van der Waals surface area contributed by atoms with E-state index < -0.39 is 0 Å². The van der Waals surface area contributed by atoms with Crippen molar-refractivity contribution >= 4 is 35.6 Å². The second kappa shape index (κ2) is 9.20. The second-order valence-corrected chi connectivity index (χ2v) is 5.84. The topological polar surface area (TPSA) is 17.1 Å². The molecule has 0 bridgehead atoms. The van der Waals surface area contributed by atoms with Crippen LogP contribution in [0.15, 0.2) is 18.2 Å². The molecule has 0 fully saturated rings. The van der Waals surface area contributed by atoms with Gasteiger partial charge in [0.15, 0.2) is 0 Å². The van der Waals surface area contributed by atoms with Crippen molar-refractivity contribution in [2.24, 2.45) is 5.92 Å². The Morgan fingerprint density at radius 2 is 1.65 bits per heavy atom. The van der Waals surface area contributed by atoms with Gasteiger partial charge in [-0.2, -0.15) is 0 Å². The summed E-state index contributed by atoms with van der Waals surface area (Å²) in [4.78, 5) is 10.6. The molecule has 1 nitrogen and oxygen atoms in total. The van der Waals surface area contributed by atoms with Crippen LogP contribution in [0.25, 0.3) is 6.08 Å². The summed E-state index contributed by atoms with van der Waals surface area (Å²) in [5.41, 5.74) is 1.70. The maximum atomic E-state index is 10.6. The Morgan fingerprint density at radius 3 is 2.10 bits per heavy atom. The third-order valence-corrected chi connectivity index (χ3v) is 4.01. The van der Waals surface area contributed by atoms with Gasteiger partial charge in [-0.1, -0.05) is 62.0 Å². The smallest absolute Gasteiger partial charge is 0.124 e. The Morgan fingerprint density at radius 1 is 1.10 bits per heavy atom. The minimum Gasteiger partial charge on any atom is -0.303 e. The largest absolute Gasteiger partial charge is 0.303 e. The fraction of sp³-hybridized carbons (Fsp3) is 0.471. The highest BCUT2D eigenvalue weighted by molar-refractivity contribution is 6.36. The molecule has 0 aliphatic carbocycles. The van der Waals surface area contributed by atoms with Crippen LogP contribution in [0.4, 0.5) is 0 Å². The van der Waals surface area contributed by atoms with Crippen LogP contribution in [0.2, 0.25) is 10.0 Å². The van der Waals surface area contributed by atoms with E-state index in [1.807, 2.05) is 12.1 Å². The molecule has 110 valence electrons. The van der Waals surface area contributed by atoms with E-state index in [0.29, 0.717) is 21.5 Å². The lowest BCUT2D eigenvalue weighted by Gasteiger charge is -2.10. The quantitative estimate of drug-likeness (QED) is 0.541. The number of aldehydes is 1. The highest BCUT2D eigenvalue weighted by Crippen LogP contribution is 2.28. The molecule has 0 N–H and O–H groups in total. The number of halogens is 2. The maximum absolute atomic E-state index is 10.6. The third-order valence-electron chi connectivity index (χ3n) is 3.33. The van der Waals surface area contributed by atoms with Crippen LogP contribution >= 0.6 is 23.2 Å². The van der Waals surface area contributed by atoms with E-state index in [2.05, 4.69) is 26.0 Å². The molecule has 0 spiro atoms. The summed E-state index contributed by atoms with van der Waals surface area (Å²) in [7, 11) is 0. The van der Waals surface area contributed by atoms with Crippen LogP contribution < -0.4 is 0 Å². The number of carbonyl (C=O) groups is 1. The highest BCUT2D eigenvalue weighted by atomic mass is 35.5. The lowest BCUT2D eigenvalue weighted by atomic mass is 9.97. The molecule has 3 heteroatoms. The molecule has 0 atom stereocenters. The van der Waals surface area contributed by atoms with Crippen molar-refractivity contribution in [1.82, 2.24) is 0 Å². The van der Waals surface area contributed by atoms with Crippen LogP contribution in [0.3, 0.4) is 0 Å². The number of benzene rings is 1. The fourth-order valence-corrected chi connectivity index (χ4v) is 2.98. The Hall–Kier alpha value is -0.790. The summed E-state index contributed by atoms with van der Waals surface area (Å²) in [5.74, 6) is 0.609. The molecule has 0 heterocycles. The molecule has 0 unspecified atom stereocenters. The molecule has 0 saturated heterocycles. The highest BCUT2D eigenvalue weighted by Gasteiger charge is 2.07. The van der Waals surface area contributed by atoms with Crippen LogP contribution in [-0.2, 0) is 11.2 Å². The van der Waals surface area contributed by atoms with E-state index in [0.717, 1.165) is 11.8 Å². The third kappa shape index (κ3) is 5.30. The zero-order valence-corrected chi connectivity index (χ0v) is 13.7. The predicted molar refractivity (Wildman–Crippen MR) is 88.6 cm³/mol. The van der Waals surface area contributed by atoms with Gasteiger partial charge in [-0.25, -0.2) is 0 Å². The standard InChI is InChI=1S/C17H22Cl2O/c1-3-5-13(6-4-2)7-8-14-11-16(18)15(9-10-20)17(19)12-14/h7-8,10-13H,3-6,9H2,1-2H3/b8-7+. The average Bonchev–Trinajstić information content (AvgIpc) is 2.41. The van der Waals surface area contributed by atoms with Crippen LogP contribution in [0.1, 0.15) is 50.7 Å². The zero-order valence-electron chi connectivity index (χ0n) is 12.2. The number of carbonyl (C=O) groups excluding carboxylic acids is 1. The monoisotopic (exact) mass is 312 g/mol. The van der Waals surface area contributed by atoms with E-state index >= 15 is 0 Å². The Bertz CT molecular complexity index is 437. The van der Waals surface area contributed by atoms with Gasteiger partial charge in [0.2, 0.25) is 0 Å². The first-order valence-corrected chi connectivity index (χ1v) is 7.97.